The van der Waals surface area contributed by atoms with Gasteiger partial charge in [-0.1, -0.05) is 0 Å². The highest BCUT2D eigenvalue weighted by Gasteiger charge is 2.20. The minimum atomic E-state index is -0.281. The van der Waals surface area contributed by atoms with Gasteiger partial charge in [0.05, 0.1) is 23.3 Å². The summed E-state index contributed by atoms with van der Waals surface area (Å²) in [5.41, 5.74) is 5.09. The first-order valence-corrected chi connectivity index (χ1v) is 11.4. The summed E-state index contributed by atoms with van der Waals surface area (Å²) in [6.07, 6.45) is 6.22. The zero-order valence-corrected chi connectivity index (χ0v) is 19.7. The summed E-state index contributed by atoms with van der Waals surface area (Å²) in [6.45, 7) is 3.89. The molecule has 2 aromatic heterocycles. The Morgan fingerprint density at radius 2 is 1.80 bits per heavy atom. The molecule has 0 atom stereocenters. The smallest absolute Gasteiger partial charge is 0.229 e. The van der Waals surface area contributed by atoms with E-state index in [1.165, 1.54) is 23.6 Å². The lowest BCUT2D eigenvalue weighted by Crippen LogP contribution is -2.11. The van der Waals surface area contributed by atoms with Crippen LogP contribution in [0.25, 0.3) is 6.08 Å². The quantitative estimate of drug-likeness (QED) is 0.257. The van der Waals surface area contributed by atoms with Crippen LogP contribution in [0.15, 0.2) is 60.2 Å². The van der Waals surface area contributed by atoms with E-state index in [-0.39, 0.29) is 17.3 Å². The molecule has 9 heteroatoms. The zero-order valence-electron chi connectivity index (χ0n) is 18.9. The fourth-order valence-corrected chi connectivity index (χ4v) is 4.04. The van der Waals surface area contributed by atoms with Gasteiger partial charge in [0.25, 0.3) is 0 Å². The number of aryl methyl sites for hydroxylation is 2. The standard InChI is InChI=1S/C26H19N7OS/c1-16-12-19(4-3-9-27)13-17(2)22(16)32-24-21(23(34)25-29-10-11-35-25)15-30-26(33-24)31-20-7-5-18(14-28)6-8-20/h3-8,10-13,15H,1-2H3,(H2,30,31,32,33). The molecule has 0 amide bonds. The highest BCUT2D eigenvalue weighted by Crippen LogP contribution is 2.29. The number of rotatable bonds is 7. The van der Waals surface area contributed by atoms with Crippen molar-refractivity contribution in [2.24, 2.45) is 0 Å². The Morgan fingerprint density at radius 3 is 2.43 bits per heavy atom. The summed E-state index contributed by atoms with van der Waals surface area (Å²) in [6, 6.07) is 14.9. The topological polar surface area (TPSA) is 127 Å². The molecule has 4 rings (SSSR count). The van der Waals surface area contributed by atoms with Crippen LogP contribution in [0.5, 0.6) is 0 Å². The van der Waals surface area contributed by atoms with E-state index in [1.54, 1.807) is 41.9 Å². The molecule has 0 saturated heterocycles. The lowest BCUT2D eigenvalue weighted by atomic mass is 10.0. The van der Waals surface area contributed by atoms with Crippen molar-refractivity contribution < 1.29 is 4.79 Å². The lowest BCUT2D eigenvalue weighted by Gasteiger charge is -2.16. The van der Waals surface area contributed by atoms with Crippen molar-refractivity contribution in [3.05, 3.63) is 93.1 Å². The van der Waals surface area contributed by atoms with Crippen molar-refractivity contribution in [1.82, 2.24) is 15.0 Å². The maximum Gasteiger partial charge on any atom is 0.229 e. The molecule has 2 aromatic carbocycles. The number of hydrogen-bond donors (Lipinski definition) is 2. The maximum absolute atomic E-state index is 13.1. The Hall–Kier alpha value is -4.86. The maximum atomic E-state index is 13.1. The number of carbonyl (C=O) groups excluding carboxylic acids is 1. The molecule has 0 spiro atoms. The fourth-order valence-electron chi connectivity index (χ4n) is 3.45. The van der Waals surface area contributed by atoms with Crippen LogP contribution >= 0.6 is 11.3 Å². The van der Waals surface area contributed by atoms with Crippen molar-refractivity contribution >= 4 is 46.3 Å². The molecule has 2 heterocycles. The molecule has 0 fully saturated rings. The third kappa shape index (κ3) is 5.38. The van der Waals surface area contributed by atoms with Gasteiger partial charge >= 0.3 is 0 Å². The number of nitrogens with zero attached hydrogens (tertiary/aromatic N) is 5. The number of ketones is 1. The third-order valence-corrected chi connectivity index (χ3v) is 5.85. The molecule has 0 aliphatic rings. The van der Waals surface area contributed by atoms with Crippen LogP contribution in [-0.2, 0) is 0 Å². The summed E-state index contributed by atoms with van der Waals surface area (Å²) in [5, 5.41) is 26.3. The molecule has 0 bridgehead atoms. The largest absolute Gasteiger partial charge is 0.339 e. The molecule has 0 saturated carbocycles. The molecule has 170 valence electrons. The molecule has 0 aliphatic heterocycles. The first-order valence-electron chi connectivity index (χ1n) is 10.5. The van der Waals surface area contributed by atoms with Gasteiger partial charge in [-0.05, 0) is 73.0 Å². The minimum absolute atomic E-state index is 0.281. The van der Waals surface area contributed by atoms with Crippen molar-refractivity contribution in [3.63, 3.8) is 0 Å². The first-order chi connectivity index (χ1) is 17.0. The minimum Gasteiger partial charge on any atom is -0.339 e. The number of allylic oxidation sites excluding steroid dienone is 1. The van der Waals surface area contributed by atoms with Gasteiger partial charge in [-0.15, -0.1) is 11.3 Å². The molecule has 0 unspecified atom stereocenters. The molecule has 0 radical (unpaired) electrons. The van der Waals surface area contributed by atoms with Crippen LogP contribution in [0, 0.1) is 36.5 Å². The van der Waals surface area contributed by atoms with Gasteiger partial charge in [0.1, 0.15) is 5.82 Å². The van der Waals surface area contributed by atoms with Crippen molar-refractivity contribution in [2.45, 2.75) is 13.8 Å². The van der Waals surface area contributed by atoms with Crippen LogP contribution in [0.2, 0.25) is 0 Å². The van der Waals surface area contributed by atoms with Crippen LogP contribution in [-0.4, -0.2) is 20.7 Å². The Morgan fingerprint density at radius 1 is 1.06 bits per heavy atom. The number of anilines is 4. The summed E-state index contributed by atoms with van der Waals surface area (Å²) < 4.78 is 0. The van der Waals surface area contributed by atoms with Crippen molar-refractivity contribution in [1.29, 1.82) is 10.5 Å². The van der Waals surface area contributed by atoms with Gasteiger partial charge in [-0.2, -0.15) is 15.5 Å². The highest BCUT2D eigenvalue weighted by atomic mass is 32.1. The molecule has 0 aliphatic carbocycles. The van der Waals surface area contributed by atoms with E-state index in [4.69, 9.17) is 10.5 Å². The summed E-state index contributed by atoms with van der Waals surface area (Å²) in [7, 11) is 0. The summed E-state index contributed by atoms with van der Waals surface area (Å²) in [5.74, 6) is 0.343. The fraction of sp³-hybridized carbons (Fsp3) is 0.0769. The Kier molecular flexibility index (Phi) is 6.91. The Labute approximate surface area is 206 Å². The van der Waals surface area contributed by atoms with Gasteiger partial charge in [-0.3, -0.25) is 4.79 Å². The molecule has 2 N–H and O–H groups in total. The lowest BCUT2D eigenvalue weighted by molar-refractivity contribution is 0.103. The van der Waals surface area contributed by atoms with Crippen molar-refractivity contribution in [3.8, 4) is 12.1 Å². The molecule has 35 heavy (non-hydrogen) atoms. The molecular formula is C26H19N7OS. The molecule has 8 nitrogen and oxygen atoms in total. The van der Waals surface area contributed by atoms with Gasteiger partial charge in [0.2, 0.25) is 11.7 Å². The van der Waals surface area contributed by atoms with Gasteiger partial charge < -0.3 is 10.6 Å². The Bertz CT molecular complexity index is 1470. The number of nitriles is 2. The monoisotopic (exact) mass is 477 g/mol. The highest BCUT2D eigenvalue weighted by molar-refractivity contribution is 7.11. The number of nitrogens with one attached hydrogen (secondary N) is 2. The second-order valence-electron chi connectivity index (χ2n) is 7.55. The second kappa shape index (κ2) is 10.4. The number of hydrogen-bond acceptors (Lipinski definition) is 9. The van der Waals surface area contributed by atoms with E-state index in [0.29, 0.717) is 22.1 Å². The van der Waals surface area contributed by atoms with Gasteiger partial charge in [0.15, 0.2) is 5.01 Å². The normalized spacial score (nSPS) is 10.5. The number of aromatic nitrogens is 3. The first kappa shape index (κ1) is 23.3. The van der Waals surface area contributed by atoms with Crippen LogP contribution in [0.3, 0.4) is 0 Å². The van der Waals surface area contributed by atoms with E-state index in [2.05, 4.69) is 31.7 Å². The van der Waals surface area contributed by atoms with E-state index in [1.807, 2.05) is 32.0 Å². The average Bonchev–Trinajstić information content (AvgIpc) is 3.40. The predicted octanol–water partition coefficient (Wildman–Crippen LogP) is 5.68. The average molecular weight is 478 g/mol. The number of carbonyl (C=O) groups is 1. The Balaban J connectivity index is 1.73. The van der Waals surface area contributed by atoms with Crippen molar-refractivity contribution in [2.75, 3.05) is 10.6 Å². The van der Waals surface area contributed by atoms with Gasteiger partial charge in [0, 0.05) is 35.2 Å². The number of thiazole rings is 1. The predicted molar refractivity (Wildman–Crippen MR) is 136 cm³/mol. The summed E-state index contributed by atoms with van der Waals surface area (Å²) >= 11 is 1.25. The van der Waals surface area contributed by atoms with E-state index in [9.17, 15) is 4.79 Å². The van der Waals surface area contributed by atoms with Gasteiger partial charge in [-0.25, -0.2) is 9.97 Å². The van der Waals surface area contributed by atoms with Crippen LogP contribution < -0.4 is 10.6 Å². The van der Waals surface area contributed by atoms with E-state index in [0.717, 1.165) is 22.4 Å². The van der Waals surface area contributed by atoms with E-state index < -0.39 is 0 Å². The third-order valence-electron chi connectivity index (χ3n) is 5.08. The number of benzene rings is 2. The zero-order chi connectivity index (χ0) is 24.8. The SMILES string of the molecule is Cc1cc(C=CC#N)cc(C)c1Nc1nc(Nc2ccc(C#N)cc2)ncc1C(=O)c1nccs1. The van der Waals surface area contributed by atoms with E-state index >= 15 is 0 Å². The van der Waals surface area contributed by atoms with Crippen LogP contribution in [0.1, 0.15) is 37.6 Å². The second-order valence-corrected chi connectivity index (χ2v) is 8.45. The molecule has 4 aromatic rings. The summed E-state index contributed by atoms with van der Waals surface area (Å²) in [4.78, 5) is 26.2. The molecular weight excluding hydrogens is 458 g/mol. The van der Waals surface area contributed by atoms with Crippen LogP contribution in [0.4, 0.5) is 23.1 Å².